The fourth-order valence-electron chi connectivity index (χ4n) is 7.89. The molecular weight excluding hydrogens is 595 g/mol. The van der Waals surface area contributed by atoms with Crippen LogP contribution in [0.15, 0.2) is 193 Å². The van der Waals surface area contributed by atoms with Crippen LogP contribution in [0.4, 0.5) is 0 Å². The first-order valence-electron chi connectivity index (χ1n) is 17.0. The summed E-state index contributed by atoms with van der Waals surface area (Å²) in [5, 5.41) is 7.69. The highest BCUT2D eigenvalue weighted by molar-refractivity contribution is 5.99. The quantitative estimate of drug-likeness (QED) is 0.192. The Kier molecular flexibility index (Phi) is 7.26. The number of fused-ring (bicyclic) bond motifs is 3. The molecule has 2 atom stereocenters. The van der Waals surface area contributed by atoms with E-state index in [1.165, 1.54) is 50.1 Å². The molecule has 1 aliphatic carbocycles. The summed E-state index contributed by atoms with van der Waals surface area (Å²) in [5.41, 5.74) is 12.9. The molecule has 2 aliphatic rings. The molecule has 2 N–H and O–H groups in total. The van der Waals surface area contributed by atoms with Gasteiger partial charge in [-0.25, -0.2) is 4.99 Å². The minimum Gasteiger partial charge on any atom is -0.350 e. The fraction of sp³-hybridized carbons (Fsp3) is 0.0652. The molecule has 7 aromatic rings. The maximum Gasteiger partial charge on any atom is 0.131 e. The van der Waals surface area contributed by atoms with Crippen LogP contribution >= 0.6 is 0 Å². The van der Waals surface area contributed by atoms with E-state index in [9.17, 15) is 0 Å². The zero-order valence-corrected chi connectivity index (χ0v) is 27.0. The average Bonchev–Trinajstić information content (AvgIpc) is 3.49. The molecule has 0 bridgehead atoms. The van der Waals surface area contributed by atoms with Crippen LogP contribution in [-0.2, 0) is 5.41 Å². The van der Waals surface area contributed by atoms with E-state index in [1.54, 1.807) is 0 Å². The highest BCUT2D eigenvalue weighted by Gasteiger charge is 2.46. The molecule has 0 fully saturated rings. The molecule has 49 heavy (non-hydrogen) atoms. The molecule has 7 aromatic carbocycles. The third-order valence-corrected chi connectivity index (χ3v) is 10.1. The lowest BCUT2D eigenvalue weighted by Crippen LogP contribution is -2.45. The molecule has 0 aromatic heterocycles. The summed E-state index contributed by atoms with van der Waals surface area (Å²) in [5.74, 6) is 0.874. The van der Waals surface area contributed by atoms with Gasteiger partial charge in [-0.1, -0.05) is 188 Å². The SMILES string of the molecule is c1ccc(C2=NC(c3ccc4c(c3)C(c3ccccc3)(c3ccccc3)c3ccccc3-4)NC(c3ccccc3-c3ccccc3)N2)cc1. The predicted molar refractivity (Wildman–Crippen MR) is 200 cm³/mol. The molecular formula is C46H35N3. The van der Waals surface area contributed by atoms with Crippen LogP contribution in [0, 0.1) is 0 Å². The molecule has 0 amide bonds. The Morgan fingerprint density at radius 1 is 0.449 bits per heavy atom. The largest absolute Gasteiger partial charge is 0.350 e. The van der Waals surface area contributed by atoms with Gasteiger partial charge >= 0.3 is 0 Å². The Bertz CT molecular complexity index is 2240. The van der Waals surface area contributed by atoms with Crippen LogP contribution in [0.2, 0.25) is 0 Å². The Hall–Kier alpha value is -6.03. The third-order valence-electron chi connectivity index (χ3n) is 10.1. The van der Waals surface area contributed by atoms with E-state index in [-0.39, 0.29) is 12.3 Å². The van der Waals surface area contributed by atoms with Gasteiger partial charge in [0.2, 0.25) is 0 Å². The molecule has 3 heteroatoms. The summed E-state index contributed by atoms with van der Waals surface area (Å²) in [7, 11) is 0. The van der Waals surface area contributed by atoms with E-state index in [4.69, 9.17) is 4.99 Å². The third kappa shape index (κ3) is 4.90. The molecule has 234 valence electrons. The first-order valence-corrected chi connectivity index (χ1v) is 17.0. The summed E-state index contributed by atoms with van der Waals surface area (Å²) >= 11 is 0. The molecule has 2 unspecified atom stereocenters. The molecule has 0 spiro atoms. The summed E-state index contributed by atoms with van der Waals surface area (Å²) < 4.78 is 0. The summed E-state index contributed by atoms with van der Waals surface area (Å²) in [6.07, 6.45) is -0.462. The van der Waals surface area contributed by atoms with E-state index >= 15 is 0 Å². The Morgan fingerprint density at radius 2 is 0.980 bits per heavy atom. The van der Waals surface area contributed by atoms with E-state index in [0.29, 0.717) is 0 Å². The summed E-state index contributed by atoms with van der Waals surface area (Å²) in [6, 6.07) is 67.5. The fourth-order valence-corrected chi connectivity index (χ4v) is 7.89. The minimum absolute atomic E-state index is 0.174. The average molecular weight is 630 g/mol. The van der Waals surface area contributed by atoms with Crippen molar-refractivity contribution in [1.82, 2.24) is 10.6 Å². The number of nitrogens with zero attached hydrogens (tertiary/aromatic N) is 1. The molecule has 0 saturated carbocycles. The smallest absolute Gasteiger partial charge is 0.131 e. The van der Waals surface area contributed by atoms with Crippen LogP contribution in [-0.4, -0.2) is 5.84 Å². The lowest BCUT2D eigenvalue weighted by Gasteiger charge is -2.35. The predicted octanol–water partition coefficient (Wildman–Crippen LogP) is 10.1. The van der Waals surface area contributed by atoms with Gasteiger partial charge in [0.15, 0.2) is 0 Å². The number of benzene rings is 7. The van der Waals surface area contributed by atoms with Gasteiger partial charge in [-0.2, -0.15) is 0 Å². The van der Waals surface area contributed by atoms with Gasteiger partial charge in [-0.05, 0) is 55.6 Å². The molecule has 3 nitrogen and oxygen atoms in total. The zero-order valence-electron chi connectivity index (χ0n) is 27.0. The number of nitrogens with one attached hydrogen (secondary N) is 2. The normalized spacial score (nSPS) is 17.3. The topological polar surface area (TPSA) is 36.4 Å². The van der Waals surface area contributed by atoms with Crippen LogP contribution in [0.25, 0.3) is 22.3 Å². The first kappa shape index (κ1) is 29.1. The van der Waals surface area contributed by atoms with Crippen molar-refractivity contribution < 1.29 is 0 Å². The van der Waals surface area contributed by atoms with Gasteiger partial charge in [0, 0.05) is 5.56 Å². The first-order chi connectivity index (χ1) is 24.3. The van der Waals surface area contributed by atoms with Gasteiger partial charge in [0.05, 0.1) is 5.41 Å². The number of amidine groups is 1. The van der Waals surface area contributed by atoms with Gasteiger partial charge in [0.1, 0.15) is 18.2 Å². The van der Waals surface area contributed by atoms with Crippen LogP contribution in [0.3, 0.4) is 0 Å². The van der Waals surface area contributed by atoms with Gasteiger partial charge in [-0.15, -0.1) is 0 Å². The maximum absolute atomic E-state index is 5.36. The van der Waals surface area contributed by atoms with Crippen molar-refractivity contribution in [1.29, 1.82) is 0 Å². The van der Waals surface area contributed by atoms with E-state index in [2.05, 4.69) is 199 Å². The Labute approximate surface area is 287 Å². The van der Waals surface area contributed by atoms with Crippen LogP contribution in [0.5, 0.6) is 0 Å². The van der Waals surface area contributed by atoms with Crippen molar-refractivity contribution >= 4 is 5.84 Å². The monoisotopic (exact) mass is 629 g/mol. The Balaban J connectivity index is 1.23. The van der Waals surface area contributed by atoms with Crippen LogP contribution in [0.1, 0.15) is 51.3 Å². The second kappa shape index (κ2) is 12.2. The molecule has 9 rings (SSSR count). The van der Waals surface area contributed by atoms with E-state index < -0.39 is 5.41 Å². The summed E-state index contributed by atoms with van der Waals surface area (Å²) in [4.78, 5) is 5.36. The van der Waals surface area contributed by atoms with Crippen molar-refractivity contribution in [2.75, 3.05) is 0 Å². The van der Waals surface area contributed by atoms with Crippen molar-refractivity contribution in [2.45, 2.75) is 17.7 Å². The van der Waals surface area contributed by atoms with Gasteiger partial charge in [-0.3, -0.25) is 5.32 Å². The summed E-state index contributed by atoms with van der Waals surface area (Å²) in [6.45, 7) is 0. The second-order valence-corrected chi connectivity index (χ2v) is 12.8. The number of hydrogen-bond donors (Lipinski definition) is 2. The van der Waals surface area contributed by atoms with Crippen molar-refractivity contribution in [3.8, 4) is 22.3 Å². The van der Waals surface area contributed by atoms with E-state index in [1.807, 2.05) is 0 Å². The maximum atomic E-state index is 5.36. The number of hydrogen-bond acceptors (Lipinski definition) is 3. The van der Waals surface area contributed by atoms with Crippen molar-refractivity contribution in [2.24, 2.45) is 4.99 Å². The second-order valence-electron chi connectivity index (χ2n) is 12.8. The standard InChI is InChI=1S/C46H35N3/c1-5-17-32(18-6-1)37-25-13-14-27-40(37)45-48-43(33-19-7-2-8-20-33)47-44(49-45)34-29-30-39-38-26-15-16-28-41(38)46(42(39)31-34,35-21-9-3-10-22-35)36-23-11-4-12-24-36/h1-31,44-45,49H,(H,47,48). The molecule has 1 aliphatic heterocycles. The van der Waals surface area contributed by atoms with Gasteiger partial charge < -0.3 is 5.32 Å². The number of aliphatic imine (C=N–C) groups is 1. The highest BCUT2D eigenvalue weighted by atomic mass is 15.3. The number of rotatable bonds is 6. The lowest BCUT2D eigenvalue weighted by atomic mass is 9.67. The van der Waals surface area contributed by atoms with Gasteiger partial charge in [0.25, 0.3) is 0 Å². The van der Waals surface area contributed by atoms with Crippen molar-refractivity contribution in [3.05, 3.63) is 227 Å². The lowest BCUT2D eigenvalue weighted by molar-refractivity contribution is 0.409. The Morgan fingerprint density at radius 3 is 1.65 bits per heavy atom. The molecule has 0 saturated heterocycles. The minimum atomic E-state index is -0.470. The van der Waals surface area contributed by atoms with Crippen molar-refractivity contribution in [3.63, 3.8) is 0 Å². The molecule has 1 heterocycles. The zero-order chi connectivity index (χ0) is 32.6. The van der Waals surface area contributed by atoms with E-state index in [0.717, 1.165) is 17.0 Å². The molecule has 0 radical (unpaired) electrons. The highest BCUT2D eigenvalue weighted by Crippen LogP contribution is 2.56. The van der Waals surface area contributed by atoms with Crippen LogP contribution < -0.4 is 10.6 Å².